The third-order valence-corrected chi connectivity index (χ3v) is 8.16. The van der Waals surface area contributed by atoms with Crippen molar-refractivity contribution in [3.63, 3.8) is 0 Å². The van der Waals surface area contributed by atoms with Crippen LogP contribution in [0.25, 0.3) is 0 Å². The molecule has 228 valence electrons. The number of unbranched alkanes of at least 4 members (excludes halogenated alkanes) is 23. The first-order valence-corrected chi connectivity index (χ1v) is 17.1. The second-order valence-electron chi connectivity index (χ2n) is 12.0. The van der Waals surface area contributed by atoms with E-state index in [1.807, 2.05) is 0 Å². The van der Waals surface area contributed by atoms with Gasteiger partial charge in [0.1, 0.15) is 6.10 Å². The summed E-state index contributed by atoms with van der Waals surface area (Å²) in [4.78, 5) is 12.2. The number of aliphatic hydroxyl groups is 3. The van der Waals surface area contributed by atoms with E-state index < -0.39 is 18.3 Å². The maximum absolute atomic E-state index is 12.2. The van der Waals surface area contributed by atoms with Crippen molar-refractivity contribution in [2.45, 2.75) is 212 Å². The Hall–Kier alpha value is -0.450. The van der Waals surface area contributed by atoms with Gasteiger partial charge in [0.25, 0.3) is 0 Å². The van der Waals surface area contributed by atoms with Crippen molar-refractivity contribution >= 4 is 5.78 Å². The Bertz CT molecular complexity index is 481. The number of Topliss-reactive ketones (excluding diaryl/α,β-unsaturated/α-hetero) is 1. The summed E-state index contributed by atoms with van der Waals surface area (Å²) in [5.74, 6) is -0.190. The van der Waals surface area contributed by atoms with Gasteiger partial charge in [-0.2, -0.15) is 0 Å². The lowest BCUT2D eigenvalue weighted by Gasteiger charge is -2.20. The fourth-order valence-corrected chi connectivity index (χ4v) is 5.39. The summed E-state index contributed by atoms with van der Waals surface area (Å²) in [6.45, 7) is 4.52. The fourth-order valence-electron chi connectivity index (χ4n) is 5.39. The van der Waals surface area contributed by atoms with E-state index in [0.29, 0.717) is 12.8 Å². The van der Waals surface area contributed by atoms with Gasteiger partial charge in [0.15, 0.2) is 5.78 Å². The molecular weight excluding hydrogens is 472 g/mol. The molecule has 0 aromatic carbocycles. The number of carbonyl (C=O) groups excluding carboxylic acids is 1. The van der Waals surface area contributed by atoms with E-state index in [0.717, 1.165) is 32.1 Å². The maximum atomic E-state index is 12.2. The lowest BCUT2D eigenvalue weighted by atomic mass is 9.97. The molecule has 0 aliphatic rings. The molecule has 0 bridgehead atoms. The van der Waals surface area contributed by atoms with Crippen molar-refractivity contribution in [1.29, 1.82) is 0 Å². The zero-order valence-corrected chi connectivity index (χ0v) is 25.8. The minimum absolute atomic E-state index is 0.0449. The van der Waals surface area contributed by atoms with Crippen molar-refractivity contribution in [2.75, 3.05) is 0 Å². The SMILES string of the molecule is CCCCCCCCCCCCCCCC(=O)C(O)CC(O)C(O)CCCCCCCCCCCCCC. The van der Waals surface area contributed by atoms with Gasteiger partial charge in [-0.15, -0.1) is 0 Å². The first-order valence-electron chi connectivity index (χ1n) is 17.1. The van der Waals surface area contributed by atoms with Gasteiger partial charge in [-0.3, -0.25) is 4.79 Å². The molecule has 0 aliphatic heterocycles. The lowest BCUT2D eigenvalue weighted by Crippen LogP contribution is -2.33. The lowest BCUT2D eigenvalue weighted by molar-refractivity contribution is -0.129. The first kappa shape index (κ1) is 37.6. The molecule has 0 fully saturated rings. The monoisotopic (exact) mass is 541 g/mol. The van der Waals surface area contributed by atoms with Gasteiger partial charge in [0.05, 0.1) is 12.2 Å². The normalized spacial score (nSPS) is 14.0. The Morgan fingerprint density at radius 3 is 1.13 bits per heavy atom. The van der Waals surface area contributed by atoms with Crippen LogP contribution in [0.4, 0.5) is 0 Å². The van der Waals surface area contributed by atoms with Crippen LogP contribution < -0.4 is 0 Å². The Morgan fingerprint density at radius 1 is 0.447 bits per heavy atom. The van der Waals surface area contributed by atoms with E-state index in [4.69, 9.17) is 0 Å². The molecule has 0 spiro atoms. The quantitative estimate of drug-likeness (QED) is 0.0765. The molecule has 0 aliphatic carbocycles. The number of hydrogen-bond acceptors (Lipinski definition) is 4. The summed E-state index contributed by atoms with van der Waals surface area (Å²) in [5, 5.41) is 30.7. The predicted octanol–water partition coefficient (Wildman–Crippen LogP) is 9.60. The van der Waals surface area contributed by atoms with Crippen molar-refractivity contribution in [3.8, 4) is 0 Å². The highest BCUT2D eigenvalue weighted by Gasteiger charge is 2.23. The Morgan fingerprint density at radius 2 is 0.763 bits per heavy atom. The zero-order valence-electron chi connectivity index (χ0n) is 25.8. The molecule has 4 nitrogen and oxygen atoms in total. The van der Waals surface area contributed by atoms with Crippen LogP contribution in [0.1, 0.15) is 194 Å². The molecule has 0 heterocycles. The molecule has 0 aromatic rings. The minimum Gasteiger partial charge on any atom is -0.390 e. The highest BCUT2D eigenvalue weighted by atomic mass is 16.3. The molecule has 3 unspecified atom stereocenters. The second kappa shape index (κ2) is 29.5. The number of ketones is 1. The zero-order chi connectivity index (χ0) is 28.1. The van der Waals surface area contributed by atoms with Crippen molar-refractivity contribution in [1.82, 2.24) is 0 Å². The predicted molar refractivity (Wildman–Crippen MR) is 164 cm³/mol. The molecule has 3 N–H and O–H groups in total. The van der Waals surface area contributed by atoms with Crippen LogP contribution >= 0.6 is 0 Å². The summed E-state index contributed by atoms with van der Waals surface area (Å²) in [6, 6.07) is 0. The van der Waals surface area contributed by atoms with Crippen LogP contribution in [-0.4, -0.2) is 39.4 Å². The average Bonchev–Trinajstić information content (AvgIpc) is 2.91. The van der Waals surface area contributed by atoms with Crippen LogP contribution in [0.3, 0.4) is 0 Å². The van der Waals surface area contributed by atoms with Gasteiger partial charge in [0.2, 0.25) is 0 Å². The van der Waals surface area contributed by atoms with Gasteiger partial charge < -0.3 is 15.3 Å². The highest BCUT2D eigenvalue weighted by molar-refractivity contribution is 5.82. The van der Waals surface area contributed by atoms with Crippen LogP contribution in [0.5, 0.6) is 0 Å². The Kier molecular flexibility index (Phi) is 29.2. The van der Waals surface area contributed by atoms with E-state index in [1.54, 1.807) is 0 Å². The van der Waals surface area contributed by atoms with Crippen molar-refractivity contribution in [3.05, 3.63) is 0 Å². The smallest absolute Gasteiger partial charge is 0.161 e. The van der Waals surface area contributed by atoms with Gasteiger partial charge in [-0.25, -0.2) is 0 Å². The first-order chi connectivity index (χ1) is 18.5. The van der Waals surface area contributed by atoms with Gasteiger partial charge in [-0.05, 0) is 12.8 Å². The fraction of sp³-hybridized carbons (Fsp3) is 0.971. The number of hydrogen-bond donors (Lipinski definition) is 3. The number of carbonyl (C=O) groups is 1. The second-order valence-corrected chi connectivity index (χ2v) is 12.0. The van der Waals surface area contributed by atoms with Crippen LogP contribution in [-0.2, 0) is 4.79 Å². The molecule has 3 atom stereocenters. The summed E-state index contributed by atoms with van der Waals surface area (Å²) in [6.07, 6.45) is 29.5. The Labute approximate surface area is 237 Å². The third kappa shape index (κ3) is 25.8. The largest absolute Gasteiger partial charge is 0.390 e. The highest BCUT2D eigenvalue weighted by Crippen LogP contribution is 2.17. The van der Waals surface area contributed by atoms with Crippen LogP contribution in [0, 0.1) is 0 Å². The summed E-state index contributed by atoms with van der Waals surface area (Å²) in [7, 11) is 0. The maximum Gasteiger partial charge on any atom is 0.161 e. The van der Waals surface area contributed by atoms with E-state index in [9.17, 15) is 20.1 Å². The van der Waals surface area contributed by atoms with E-state index in [1.165, 1.54) is 128 Å². The topological polar surface area (TPSA) is 77.8 Å². The molecule has 0 amide bonds. The van der Waals surface area contributed by atoms with Crippen molar-refractivity contribution in [2.24, 2.45) is 0 Å². The summed E-state index contributed by atoms with van der Waals surface area (Å²) < 4.78 is 0. The molecule has 0 radical (unpaired) electrons. The van der Waals surface area contributed by atoms with Gasteiger partial charge >= 0.3 is 0 Å². The molecular formula is C34H68O4. The molecule has 38 heavy (non-hydrogen) atoms. The van der Waals surface area contributed by atoms with Crippen LogP contribution in [0.2, 0.25) is 0 Å². The molecule has 0 saturated carbocycles. The standard InChI is InChI=1S/C34H68O4/c1-3-5-7-9-11-13-15-17-19-21-23-25-27-29-32(36)34(38)30-33(37)31(35)28-26-24-22-20-18-16-14-12-10-8-6-4-2/h31,33-35,37-38H,3-30H2,1-2H3. The number of aliphatic hydroxyl groups excluding tert-OH is 3. The van der Waals surface area contributed by atoms with Crippen molar-refractivity contribution < 1.29 is 20.1 Å². The molecule has 4 heteroatoms. The van der Waals surface area contributed by atoms with Gasteiger partial charge in [0, 0.05) is 12.8 Å². The van der Waals surface area contributed by atoms with E-state index in [-0.39, 0.29) is 12.2 Å². The summed E-state index contributed by atoms with van der Waals surface area (Å²) in [5.41, 5.74) is 0. The van der Waals surface area contributed by atoms with Gasteiger partial charge in [-0.1, -0.05) is 168 Å². The molecule has 0 rings (SSSR count). The number of rotatable bonds is 31. The minimum atomic E-state index is -1.15. The third-order valence-electron chi connectivity index (χ3n) is 8.16. The van der Waals surface area contributed by atoms with Crippen LogP contribution in [0.15, 0.2) is 0 Å². The van der Waals surface area contributed by atoms with E-state index in [2.05, 4.69) is 13.8 Å². The summed E-state index contributed by atoms with van der Waals surface area (Å²) >= 11 is 0. The Balaban J connectivity index is 3.56. The molecule has 0 saturated heterocycles. The molecule has 0 aromatic heterocycles. The average molecular weight is 541 g/mol. The van der Waals surface area contributed by atoms with E-state index >= 15 is 0 Å².